The van der Waals surface area contributed by atoms with E-state index in [0.717, 1.165) is 5.70 Å². The Hall–Kier alpha value is -3.97. The molecular formula is C27H26FN3O5S. The van der Waals surface area contributed by atoms with Crippen LogP contribution in [0.5, 0.6) is 17.2 Å². The van der Waals surface area contributed by atoms with Gasteiger partial charge in [0.2, 0.25) is 11.7 Å². The fourth-order valence-corrected chi connectivity index (χ4v) is 5.37. The zero-order chi connectivity index (χ0) is 26.5. The highest BCUT2D eigenvalue weighted by Gasteiger charge is 2.38. The molecule has 1 amide bonds. The quantitative estimate of drug-likeness (QED) is 0.515. The van der Waals surface area contributed by atoms with E-state index in [4.69, 9.17) is 14.2 Å². The van der Waals surface area contributed by atoms with E-state index in [1.807, 2.05) is 0 Å². The van der Waals surface area contributed by atoms with Crippen molar-refractivity contribution in [3.8, 4) is 23.3 Å². The summed E-state index contributed by atoms with van der Waals surface area (Å²) in [6, 6.07) is 11.2. The monoisotopic (exact) mass is 523 g/mol. The number of hydrogen-bond acceptors (Lipinski definition) is 8. The predicted molar refractivity (Wildman–Crippen MR) is 138 cm³/mol. The lowest BCUT2D eigenvalue weighted by molar-refractivity contribution is -0.116. The Labute approximate surface area is 218 Å². The van der Waals surface area contributed by atoms with Gasteiger partial charge >= 0.3 is 0 Å². The van der Waals surface area contributed by atoms with E-state index in [1.165, 1.54) is 57.4 Å². The van der Waals surface area contributed by atoms with Crippen molar-refractivity contribution in [2.75, 3.05) is 32.4 Å². The summed E-state index contributed by atoms with van der Waals surface area (Å²) < 4.78 is 29.6. The summed E-state index contributed by atoms with van der Waals surface area (Å²) in [5.74, 6) is -0.177. The number of thioether (sulfide) groups is 1. The first-order valence-electron chi connectivity index (χ1n) is 11.6. The smallest absolute Gasteiger partial charge is 0.234 e. The first kappa shape index (κ1) is 26.1. The molecule has 0 unspecified atom stereocenters. The van der Waals surface area contributed by atoms with Crippen LogP contribution in [0.3, 0.4) is 0 Å². The Bertz CT molecular complexity index is 1310. The number of rotatable bonds is 8. The number of amides is 1. The van der Waals surface area contributed by atoms with E-state index in [0.29, 0.717) is 63.9 Å². The topological polar surface area (TPSA) is 110 Å². The molecule has 1 aliphatic carbocycles. The number of nitrogens with zero attached hydrogens (tertiary/aromatic N) is 1. The van der Waals surface area contributed by atoms with Gasteiger partial charge < -0.3 is 24.8 Å². The zero-order valence-electron chi connectivity index (χ0n) is 20.6. The third kappa shape index (κ3) is 5.42. The number of hydrogen-bond donors (Lipinski definition) is 2. The number of Topliss-reactive ketones (excluding diaryl/α,β-unsaturated/α-hetero) is 1. The van der Waals surface area contributed by atoms with Crippen molar-refractivity contribution < 1.29 is 28.2 Å². The molecule has 0 bridgehead atoms. The maximum absolute atomic E-state index is 13.2. The summed E-state index contributed by atoms with van der Waals surface area (Å²) in [6.07, 6.45) is 1.73. The van der Waals surface area contributed by atoms with Crippen LogP contribution in [0.2, 0.25) is 0 Å². The van der Waals surface area contributed by atoms with Gasteiger partial charge in [0.05, 0.1) is 49.7 Å². The number of nitriles is 1. The molecular weight excluding hydrogens is 497 g/mol. The molecule has 2 aromatic rings. The van der Waals surface area contributed by atoms with Gasteiger partial charge in [-0.25, -0.2) is 4.39 Å². The van der Waals surface area contributed by atoms with Crippen molar-refractivity contribution in [1.29, 1.82) is 5.26 Å². The standard InChI is InChI=1S/C27H26FN3O5S/c1-34-21-11-15(12-22(35-2)26(21)36-3)24-18(13-29)27(31-19-5-4-6-20(32)25(19)24)37-14-23(33)30-17-9-7-16(28)8-10-17/h7-12,24,31H,4-6,14H2,1-3H3,(H,30,33)/t24-/m1/s1. The van der Waals surface area contributed by atoms with E-state index < -0.39 is 11.7 Å². The van der Waals surface area contributed by atoms with Gasteiger partial charge in [0, 0.05) is 23.4 Å². The van der Waals surface area contributed by atoms with Gasteiger partial charge in [-0.2, -0.15) is 5.26 Å². The lowest BCUT2D eigenvalue weighted by Crippen LogP contribution is -2.31. The lowest BCUT2D eigenvalue weighted by atomic mass is 9.76. The summed E-state index contributed by atoms with van der Waals surface area (Å²) in [5, 5.41) is 16.7. The predicted octanol–water partition coefficient (Wildman–Crippen LogP) is 4.65. The number of allylic oxidation sites excluding steroid dienone is 3. The molecule has 0 aromatic heterocycles. The van der Waals surface area contributed by atoms with Gasteiger partial charge in [0.1, 0.15) is 5.82 Å². The molecule has 0 spiro atoms. The van der Waals surface area contributed by atoms with Crippen LogP contribution in [0.1, 0.15) is 30.7 Å². The van der Waals surface area contributed by atoms with E-state index in [-0.39, 0.29) is 17.4 Å². The summed E-state index contributed by atoms with van der Waals surface area (Å²) in [6.45, 7) is 0. The Morgan fingerprint density at radius 1 is 1.14 bits per heavy atom. The second-order valence-electron chi connectivity index (χ2n) is 8.38. The van der Waals surface area contributed by atoms with E-state index in [1.54, 1.807) is 12.1 Å². The Kier molecular flexibility index (Phi) is 8.04. The molecule has 0 fully saturated rings. The number of methoxy groups -OCH3 is 3. The van der Waals surface area contributed by atoms with Gasteiger partial charge in [-0.3, -0.25) is 9.59 Å². The van der Waals surface area contributed by atoms with Crippen LogP contribution >= 0.6 is 11.8 Å². The molecule has 2 N–H and O–H groups in total. The number of anilines is 1. The Balaban J connectivity index is 1.70. The molecule has 8 nitrogen and oxygen atoms in total. The van der Waals surface area contributed by atoms with Crippen molar-refractivity contribution >= 4 is 29.1 Å². The highest BCUT2D eigenvalue weighted by atomic mass is 32.2. The highest BCUT2D eigenvalue weighted by Crippen LogP contribution is 2.48. The van der Waals surface area contributed by atoms with E-state index in [9.17, 15) is 19.2 Å². The number of ether oxygens (including phenoxy) is 3. The highest BCUT2D eigenvalue weighted by molar-refractivity contribution is 8.03. The fraction of sp³-hybridized carbons (Fsp3) is 0.296. The third-order valence-corrected chi connectivity index (χ3v) is 7.18. The van der Waals surface area contributed by atoms with Crippen LogP contribution < -0.4 is 24.8 Å². The minimum atomic E-state index is -0.662. The molecule has 1 heterocycles. The maximum Gasteiger partial charge on any atom is 0.234 e. The molecule has 0 radical (unpaired) electrons. The average molecular weight is 524 g/mol. The van der Waals surface area contributed by atoms with Crippen LogP contribution in [-0.4, -0.2) is 38.8 Å². The molecule has 0 saturated heterocycles. The molecule has 2 aromatic carbocycles. The SMILES string of the molecule is COc1cc([C@@H]2C(C#N)=C(SCC(=O)Nc3ccc(F)cc3)NC3=C2C(=O)CCC3)cc(OC)c1OC. The van der Waals surface area contributed by atoms with Crippen LogP contribution in [0.15, 0.2) is 58.3 Å². The molecule has 1 aliphatic heterocycles. The van der Waals surface area contributed by atoms with Gasteiger partial charge in [-0.05, 0) is 54.8 Å². The largest absolute Gasteiger partial charge is 0.493 e. The second-order valence-corrected chi connectivity index (χ2v) is 9.37. The van der Waals surface area contributed by atoms with Crippen LogP contribution in [0.25, 0.3) is 0 Å². The molecule has 10 heteroatoms. The Morgan fingerprint density at radius 2 is 1.81 bits per heavy atom. The van der Waals surface area contributed by atoms with Crippen molar-refractivity contribution in [3.63, 3.8) is 0 Å². The molecule has 2 aliphatic rings. The minimum Gasteiger partial charge on any atom is -0.493 e. The fourth-order valence-electron chi connectivity index (χ4n) is 4.51. The average Bonchev–Trinajstić information content (AvgIpc) is 2.91. The maximum atomic E-state index is 13.2. The van der Waals surface area contributed by atoms with E-state index >= 15 is 0 Å². The van der Waals surface area contributed by atoms with Gasteiger partial charge in [0.15, 0.2) is 17.3 Å². The van der Waals surface area contributed by atoms with Crippen molar-refractivity contribution in [2.45, 2.75) is 25.2 Å². The van der Waals surface area contributed by atoms with Gasteiger partial charge in [0.25, 0.3) is 0 Å². The second kappa shape index (κ2) is 11.4. The number of benzene rings is 2. The first-order chi connectivity index (χ1) is 17.9. The van der Waals surface area contributed by atoms with Crippen molar-refractivity contribution in [3.05, 3.63) is 69.7 Å². The summed E-state index contributed by atoms with van der Waals surface area (Å²) in [5.41, 5.74) is 2.72. The molecule has 37 heavy (non-hydrogen) atoms. The zero-order valence-corrected chi connectivity index (χ0v) is 21.5. The minimum absolute atomic E-state index is 0.00340. The number of carbonyl (C=O) groups is 2. The van der Waals surface area contributed by atoms with Crippen LogP contribution in [0, 0.1) is 17.1 Å². The lowest BCUT2D eigenvalue weighted by Gasteiger charge is -2.33. The van der Waals surface area contributed by atoms with Gasteiger partial charge in [-0.1, -0.05) is 11.8 Å². The number of carbonyl (C=O) groups excluding carboxylic acids is 2. The van der Waals surface area contributed by atoms with Crippen LogP contribution in [0.4, 0.5) is 10.1 Å². The molecule has 0 saturated carbocycles. The third-order valence-electron chi connectivity index (χ3n) is 6.16. The number of dihydropyridines is 1. The number of halogens is 1. The molecule has 192 valence electrons. The van der Waals surface area contributed by atoms with Gasteiger partial charge in [-0.15, -0.1) is 0 Å². The number of nitrogens with one attached hydrogen (secondary N) is 2. The van der Waals surface area contributed by atoms with E-state index in [2.05, 4.69) is 16.7 Å². The summed E-state index contributed by atoms with van der Waals surface area (Å²) in [7, 11) is 4.51. The number of ketones is 1. The Morgan fingerprint density at radius 3 is 2.41 bits per heavy atom. The molecule has 1 atom stereocenters. The molecule has 4 rings (SSSR count). The van der Waals surface area contributed by atoms with Crippen molar-refractivity contribution in [1.82, 2.24) is 5.32 Å². The first-order valence-corrected chi connectivity index (χ1v) is 12.5. The van der Waals surface area contributed by atoms with Crippen molar-refractivity contribution in [2.24, 2.45) is 0 Å². The normalized spacial score (nSPS) is 16.9. The van der Waals surface area contributed by atoms with Crippen LogP contribution in [-0.2, 0) is 9.59 Å². The summed E-state index contributed by atoms with van der Waals surface area (Å²) in [4.78, 5) is 25.7. The summed E-state index contributed by atoms with van der Waals surface area (Å²) >= 11 is 1.17.